The lowest BCUT2D eigenvalue weighted by atomic mass is 10.3. The minimum atomic E-state index is -0.776. The average molecular weight is 174 g/mol. The Kier molecular flexibility index (Phi) is 5.28. The van der Waals surface area contributed by atoms with Gasteiger partial charge in [-0.3, -0.25) is 4.79 Å². The molecule has 0 aromatic rings. The Bertz CT molecular complexity index is 162. The number of methoxy groups -OCH3 is 1. The van der Waals surface area contributed by atoms with E-state index in [-0.39, 0.29) is 19.1 Å². The highest BCUT2D eigenvalue weighted by Gasteiger charge is 2.15. The smallest absolute Gasteiger partial charge is 0.374 e. The molecular weight excluding hydrogens is 160 g/mol. The number of hydrogen-bond acceptors (Lipinski definition) is 4. The Balaban J connectivity index is 3.70. The van der Waals surface area contributed by atoms with Crippen molar-refractivity contribution in [1.29, 1.82) is 0 Å². The van der Waals surface area contributed by atoms with Crippen molar-refractivity contribution in [1.82, 2.24) is 0 Å². The first-order chi connectivity index (χ1) is 5.57. The van der Waals surface area contributed by atoms with Crippen molar-refractivity contribution in [2.75, 3.05) is 13.7 Å². The van der Waals surface area contributed by atoms with Gasteiger partial charge in [-0.1, -0.05) is 0 Å². The highest BCUT2D eigenvalue weighted by atomic mass is 16.5. The minimum Gasteiger partial charge on any atom is -0.457 e. The van der Waals surface area contributed by atoms with E-state index in [1.165, 1.54) is 7.11 Å². The molecule has 0 heterocycles. The second-order valence-corrected chi connectivity index (χ2v) is 2.62. The van der Waals surface area contributed by atoms with Crippen LogP contribution in [0.1, 0.15) is 20.3 Å². The lowest BCUT2D eigenvalue weighted by Crippen LogP contribution is -2.21. The van der Waals surface area contributed by atoms with E-state index in [1.54, 1.807) is 13.8 Å². The standard InChI is InChI=1S/C8H14O4/c1-6(2)12-8(10)7(9)4-5-11-3/h6H,4-5H2,1-3H3. The number of Topliss-reactive ketones (excluding diaryl/α,β-unsaturated/α-hetero) is 1. The fourth-order valence-electron chi connectivity index (χ4n) is 0.577. The second kappa shape index (κ2) is 5.71. The molecule has 0 aliphatic rings. The van der Waals surface area contributed by atoms with Crippen LogP contribution in [-0.2, 0) is 19.1 Å². The monoisotopic (exact) mass is 174 g/mol. The summed E-state index contributed by atoms with van der Waals surface area (Å²) in [5, 5.41) is 0. The quantitative estimate of drug-likeness (QED) is 0.451. The van der Waals surface area contributed by atoms with Crippen molar-refractivity contribution in [3.05, 3.63) is 0 Å². The molecule has 0 radical (unpaired) electrons. The topological polar surface area (TPSA) is 52.6 Å². The molecule has 0 fully saturated rings. The first kappa shape index (κ1) is 11.1. The Morgan fingerprint density at radius 2 is 1.92 bits per heavy atom. The van der Waals surface area contributed by atoms with Crippen LogP contribution in [-0.4, -0.2) is 31.6 Å². The summed E-state index contributed by atoms with van der Waals surface area (Å²) in [6.45, 7) is 3.65. The number of carbonyl (C=O) groups excluding carboxylic acids is 2. The number of carbonyl (C=O) groups is 2. The molecule has 0 spiro atoms. The fraction of sp³-hybridized carbons (Fsp3) is 0.750. The third-order valence-electron chi connectivity index (χ3n) is 1.10. The van der Waals surface area contributed by atoms with Crippen LogP contribution in [0.15, 0.2) is 0 Å². The molecule has 0 aliphatic heterocycles. The van der Waals surface area contributed by atoms with E-state index in [0.717, 1.165) is 0 Å². The molecule has 0 bridgehead atoms. The lowest BCUT2D eigenvalue weighted by Gasteiger charge is -2.05. The first-order valence-electron chi connectivity index (χ1n) is 3.80. The van der Waals surface area contributed by atoms with Crippen molar-refractivity contribution in [2.45, 2.75) is 26.4 Å². The molecule has 0 aliphatic carbocycles. The van der Waals surface area contributed by atoms with Crippen LogP contribution in [0.2, 0.25) is 0 Å². The summed E-state index contributed by atoms with van der Waals surface area (Å²) in [7, 11) is 1.47. The van der Waals surface area contributed by atoms with Gasteiger partial charge in [-0.15, -0.1) is 0 Å². The highest BCUT2D eigenvalue weighted by molar-refractivity contribution is 6.33. The van der Waals surface area contributed by atoms with Crippen molar-refractivity contribution >= 4 is 11.8 Å². The van der Waals surface area contributed by atoms with E-state index in [0.29, 0.717) is 0 Å². The number of ketones is 1. The van der Waals surface area contributed by atoms with Gasteiger partial charge in [-0.25, -0.2) is 4.79 Å². The van der Waals surface area contributed by atoms with Crippen LogP contribution in [0.4, 0.5) is 0 Å². The molecule has 4 nitrogen and oxygen atoms in total. The number of hydrogen-bond donors (Lipinski definition) is 0. The van der Waals surface area contributed by atoms with Crippen molar-refractivity contribution < 1.29 is 19.1 Å². The predicted octanol–water partition coefficient (Wildman–Crippen LogP) is 0.544. The largest absolute Gasteiger partial charge is 0.457 e. The number of esters is 1. The van der Waals surface area contributed by atoms with E-state index in [1.807, 2.05) is 0 Å². The lowest BCUT2D eigenvalue weighted by molar-refractivity contribution is -0.157. The van der Waals surface area contributed by atoms with Crippen molar-refractivity contribution in [3.8, 4) is 0 Å². The molecule has 0 atom stereocenters. The van der Waals surface area contributed by atoms with Gasteiger partial charge in [0, 0.05) is 13.5 Å². The molecule has 0 amide bonds. The summed E-state index contributed by atoms with van der Waals surface area (Å²) in [6.07, 6.45) is -0.161. The van der Waals surface area contributed by atoms with E-state index >= 15 is 0 Å². The Morgan fingerprint density at radius 1 is 1.33 bits per heavy atom. The van der Waals surface area contributed by atoms with E-state index in [4.69, 9.17) is 0 Å². The van der Waals surface area contributed by atoms with Crippen molar-refractivity contribution in [3.63, 3.8) is 0 Å². The van der Waals surface area contributed by atoms with Gasteiger partial charge < -0.3 is 9.47 Å². The normalized spacial score (nSPS) is 10.0. The summed E-state index contributed by atoms with van der Waals surface area (Å²) in [4.78, 5) is 21.7. The molecule has 0 unspecified atom stereocenters. The fourth-order valence-corrected chi connectivity index (χ4v) is 0.577. The van der Waals surface area contributed by atoms with Crippen LogP contribution < -0.4 is 0 Å². The van der Waals surface area contributed by atoms with Crippen LogP contribution in [0, 0.1) is 0 Å². The molecular formula is C8H14O4. The maximum absolute atomic E-state index is 10.9. The van der Waals surface area contributed by atoms with Gasteiger partial charge in [0.05, 0.1) is 12.7 Å². The molecule has 4 heteroatoms. The van der Waals surface area contributed by atoms with E-state index in [2.05, 4.69) is 9.47 Å². The van der Waals surface area contributed by atoms with Crippen LogP contribution >= 0.6 is 0 Å². The third kappa shape index (κ3) is 4.85. The van der Waals surface area contributed by atoms with Gasteiger partial charge in [0.2, 0.25) is 5.78 Å². The molecule has 0 N–H and O–H groups in total. The summed E-state index contributed by atoms with van der Waals surface area (Å²) >= 11 is 0. The zero-order valence-electron chi connectivity index (χ0n) is 7.62. The summed E-state index contributed by atoms with van der Waals surface area (Å²) < 4.78 is 9.30. The first-order valence-corrected chi connectivity index (χ1v) is 3.80. The second-order valence-electron chi connectivity index (χ2n) is 2.62. The zero-order chi connectivity index (χ0) is 9.56. The maximum atomic E-state index is 10.9. The molecule has 0 saturated carbocycles. The van der Waals surface area contributed by atoms with Crippen LogP contribution in [0.5, 0.6) is 0 Å². The molecule has 0 aromatic heterocycles. The number of rotatable bonds is 5. The Hall–Kier alpha value is -0.900. The van der Waals surface area contributed by atoms with Gasteiger partial charge in [0.15, 0.2) is 0 Å². The Morgan fingerprint density at radius 3 is 2.33 bits per heavy atom. The molecule has 12 heavy (non-hydrogen) atoms. The predicted molar refractivity (Wildman–Crippen MR) is 42.7 cm³/mol. The summed E-state index contributed by atoms with van der Waals surface area (Å²) in [5.74, 6) is -1.31. The van der Waals surface area contributed by atoms with Gasteiger partial charge in [-0.2, -0.15) is 0 Å². The van der Waals surface area contributed by atoms with E-state index in [9.17, 15) is 9.59 Å². The SMILES string of the molecule is COCCC(=O)C(=O)OC(C)C. The van der Waals surface area contributed by atoms with Gasteiger partial charge >= 0.3 is 5.97 Å². The third-order valence-corrected chi connectivity index (χ3v) is 1.10. The Labute approximate surface area is 71.8 Å². The molecule has 0 saturated heterocycles. The van der Waals surface area contributed by atoms with Crippen molar-refractivity contribution in [2.24, 2.45) is 0 Å². The molecule has 0 aromatic carbocycles. The van der Waals surface area contributed by atoms with Gasteiger partial charge in [-0.05, 0) is 13.8 Å². The minimum absolute atomic E-state index is 0.0854. The van der Waals surface area contributed by atoms with Crippen LogP contribution in [0.25, 0.3) is 0 Å². The van der Waals surface area contributed by atoms with E-state index < -0.39 is 11.8 Å². The molecule has 0 rings (SSSR count). The summed E-state index contributed by atoms with van der Waals surface area (Å²) in [5.41, 5.74) is 0. The zero-order valence-corrected chi connectivity index (χ0v) is 7.62. The average Bonchev–Trinajstić information content (AvgIpc) is 1.98. The summed E-state index contributed by atoms with van der Waals surface area (Å²) in [6, 6.07) is 0. The van der Waals surface area contributed by atoms with Crippen LogP contribution in [0.3, 0.4) is 0 Å². The highest BCUT2D eigenvalue weighted by Crippen LogP contribution is 1.93. The number of ether oxygens (including phenoxy) is 2. The molecule has 70 valence electrons. The maximum Gasteiger partial charge on any atom is 0.374 e. The van der Waals surface area contributed by atoms with Gasteiger partial charge in [0.1, 0.15) is 0 Å². The van der Waals surface area contributed by atoms with Gasteiger partial charge in [0.25, 0.3) is 0 Å².